The molecule has 0 aromatic carbocycles. The first kappa shape index (κ1) is 15.6. The average molecular weight is 292 g/mol. The fourth-order valence-electron chi connectivity index (χ4n) is 1.46. The molecule has 0 aliphatic rings. The smallest absolute Gasteiger partial charge is 0.250 e. The highest BCUT2D eigenvalue weighted by atomic mass is 32.2. The largest absolute Gasteiger partial charge is 0.383 e. The van der Waals surface area contributed by atoms with Gasteiger partial charge in [0.1, 0.15) is 4.21 Å². The van der Waals surface area contributed by atoms with Crippen molar-refractivity contribution in [3.05, 3.63) is 17.0 Å². The normalized spacial score (nSPS) is 13.7. The van der Waals surface area contributed by atoms with Gasteiger partial charge in [-0.2, -0.15) is 0 Å². The molecule has 0 fully saturated rings. The molecule has 0 saturated heterocycles. The van der Waals surface area contributed by atoms with Crippen LogP contribution in [0.3, 0.4) is 0 Å². The standard InChI is InChI=1S/C11H20N2O3S2/c1-4-12-6-10-5-11(17-8-10)18(14,15)13-9(2)7-16-3/h5,8-9,12-13H,4,6-7H2,1-3H3. The molecule has 0 spiro atoms. The minimum absolute atomic E-state index is 0.237. The van der Waals surface area contributed by atoms with Crippen LogP contribution >= 0.6 is 11.3 Å². The monoisotopic (exact) mass is 292 g/mol. The molecule has 0 saturated carbocycles. The molecular weight excluding hydrogens is 272 g/mol. The lowest BCUT2D eigenvalue weighted by atomic mass is 10.3. The first-order chi connectivity index (χ1) is 8.49. The molecule has 1 aromatic rings. The van der Waals surface area contributed by atoms with Crippen molar-refractivity contribution in [3.8, 4) is 0 Å². The van der Waals surface area contributed by atoms with Crippen LogP contribution in [-0.4, -0.2) is 34.7 Å². The van der Waals surface area contributed by atoms with Gasteiger partial charge in [0.2, 0.25) is 10.0 Å². The SMILES string of the molecule is CCNCc1csc(S(=O)(=O)NC(C)COC)c1. The number of thiophene rings is 1. The number of sulfonamides is 1. The number of nitrogens with one attached hydrogen (secondary N) is 2. The van der Waals surface area contributed by atoms with Gasteiger partial charge in [0.05, 0.1) is 6.61 Å². The molecule has 2 N–H and O–H groups in total. The van der Waals surface area contributed by atoms with Crippen molar-refractivity contribution < 1.29 is 13.2 Å². The molecule has 1 unspecified atom stereocenters. The Morgan fingerprint density at radius 1 is 1.50 bits per heavy atom. The average Bonchev–Trinajstić information content (AvgIpc) is 2.75. The Bertz CT molecular complexity index is 457. The predicted molar refractivity (Wildman–Crippen MR) is 73.4 cm³/mol. The maximum Gasteiger partial charge on any atom is 0.250 e. The van der Waals surface area contributed by atoms with Crippen LogP contribution in [0.1, 0.15) is 19.4 Å². The van der Waals surface area contributed by atoms with Gasteiger partial charge in [-0.15, -0.1) is 11.3 Å². The summed E-state index contributed by atoms with van der Waals surface area (Å²) >= 11 is 1.24. The zero-order valence-electron chi connectivity index (χ0n) is 10.9. The molecule has 1 atom stereocenters. The van der Waals surface area contributed by atoms with Crippen LogP contribution in [0, 0.1) is 0 Å². The second kappa shape index (κ2) is 7.20. The van der Waals surface area contributed by atoms with E-state index in [1.807, 2.05) is 12.3 Å². The predicted octanol–water partition coefficient (Wildman–Crippen LogP) is 1.17. The van der Waals surface area contributed by atoms with E-state index in [-0.39, 0.29) is 6.04 Å². The second-order valence-electron chi connectivity index (χ2n) is 4.03. The zero-order valence-corrected chi connectivity index (χ0v) is 12.5. The first-order valence-electron chi connectivity index (χ1n) is 5.79. The maximum absolute atomic E-state index is 12.0. The Morgan fingerprint density at radius 3 is 2.83 bits per heavy atom. The third-order valence-corrected chi connectivity index (χ3v) is 5.32. The zero-order chi connectivity index (χ0) is 13.6. The van der Waals surface area contributed by atoms with E-state index in [0.29, 0.717) is 17.4 Å². The van der Waals surface area contributed by atoms with Crippen molar-refractivity contribution in [1.82, 2.24) is 10.0 Å². The van der Waals surface area contributed by atoms with E-state index < -0.39 is 10.0 Å². The summed E-state index contributed by atoms with van der Waals surface area (Å²) in [6.45, 7) is 5.69. The van der Waals surface area contributed by atoms with Crippen molar-refractivity contribution in [1.29, 1.82) is 0 Å². The van der Waals surface area contributed by atoms with Crippen molar-refractivity contribution in [3.63, 3.8) is 0 Å². The van der Waals surface area contributed by atoms with E-state index in [2.05, 4.69) is 10.0 Å². The van der Waals surface area contributed by atoms with Gasteiger partial charge < -0.3 is 10.1 Å². The van der Waals surface area contributed by atoms with E-state index in [1.54, 1.807) is 20.1 Å². The van der Waals surface area contributed by atoms with E-state index in [4.69, 9.17) is 4.74 Å². The molecular formula is C11H20N2O3S2. The van der Waals surface area contributed by atoms with Crippen LogP contribution in [0.25, 0.3) is 0 Å². The van der Waals surface area contributed by atoms with Crippen LogP contribution in [0.5, 0.6) is 0 Å². The third-order valence-electron chi connectivity index (χ3n) is 2.25. The van der Waals surface area contributed by atoms with Gasteiger partial charge in [-0.3, -0.25) is 0 Å². The van der Waals surface area contributed by atoms with Crippen LogP contribution in [0.4, 0.5) is 0 Å². The highest BCUT2D eigenvalue weighted by molar-refractivity contribution is 7.91. The van der Waals surface area contributed by atoms with Gasteiger partial charge in [-0.05, 0) is 30.5 Å². The van der Waals surface area contributed by atoms with E-state index in [9.17, 15) is 8.42 Å². The Kier molecular flexibility index (Phi) is 6.24. The van der Waals surface area contributed by atoms with E-state index >= 15 is 0 Å². The number of hydrogen-bond donors (Lipinski definition) is 2. The molecule has 1 rings (SSSR count). The minimum atomic E-state index is -3.43. The van der Waals surface area contributed by atoms with Crippen molar-refractivity contribution in [2.45, 2.75) is 30.6 Å². The van der Waals surface area contributed by atoms with Gasteiger partial charge in [0.25, 0.3) is 0 Å². The number of methoxy groups -OCH3 is 1. The van der Waals surface area contributed by atoms with Gasteiger partial charge in [-0.25, -0.2) is 13.1 Å². The minimum Gasteiger partial charge on any atom is -0.383 e. The third kappa shape index (κ3) is 4.66. The molecule has 0 aliphatic carbocycles. The molecule has 0 aliphatic heterocycles. The number of ether oxygens (including phenoxy) is 1. The highest BCUT2D eigenvalue weighted by Gasteiger charge is 2.19. The molecule has 18 heavy (non-hydrogen) atoms. The van der Waals surface area contributed by atoms with Gasteiger partial charge in [0, 0.05) is 19.7 Å². The van der Waals surface area contributed by atoms with E-state index in [0.717, 1.165) is 12.1 Å². The Labute approximate surface area is 113 Å². The summed E-state index contributed by atoms with van der Waals surface area (Å²) in [6, 6.07) is 1.47. The maximum atomic E-state index is 12.0. The van der Waals surface area contributed by atoms with Crippen molar-refractivity contribution in [2.24, 2.45) is 0 Å². The van der Waals surface area contributed by atoms with Crippen molar-refractivity contribution >= 4 is 21.4 Å². The summed E-state index contributed by atoms with van der Waals surface area (Å²) in [7, 11) is -1.88. The van der Waals surface area contributed by atoms with Gasteiger partial charge >= 0.3 is 0 Å². The summed E-state index contributed by atoms with van der Waals surface area (Å²) in [5, 5.41) is 5.02. The molecule has 0 radical (unpaired) electrons. The summed E-state index contributed by atoms with van der Waals surface area (Å²) in [4.78, 5) is 0. The number of hydrogen-bond acceptors (Lipinski definition) is 5. The lowest BCUT2D eigenvalue weighted by Crippen LogP contribution is -2.35. The van der Waals surface area contributed by atoms with E-state index in [1.165, 1.54) is 11.3 Å². The second-order valence-corrected chi connectivity index (χ2v) is 6.88. The summed E-state index contributed by atoms with van der Waals surface area (Å²) in [6.07, 6.45) is 0. The topological polar surface area (TPSA) is 67.4 Å². The fraction of sp³-hybridized carbons (Fsp3) is 0.636. The molecule has 1 aromatic heterocycles. The Balaban J connectivity index is 2.69. The number of rotatable bonds is 8. The highest BCUT2D eigenvalue weighted by Crippen LogP contribution is 2.20. The lowest BCUT2D eigenvalue weighted by Gasteiger charge is -2.11. The van der Waals surface area contributed by atoms with Gasteiger partial charge in [0.15, 0.2) is 0 Å². The Morgan fingerprint density at radius 2 is 2.22 bits per heavy atom. The summed E-state index contributed by atoms with van der Waals surface area (Å²) < 4.78 is 31.9. The van der Waals surface area contributed by atoms with Crippen LogP contribution < -0.4 is 10.0 Å². The molecule has 5 nitrogen and oxygen atoms in total. The molecule has 0 amide bonds. The molecule has 7 heteroatoms. The van der Waals surface area contributed by atoms with Crippen LogP contribution in [-0.2, 0) is 21.3 Å². The summed E-state index contributed by atoms with van der Waals surface area (Å²) in [5.74, 6) is 0. The van der Waals surface area contributed by atoms with Crippen LogP contribution in [0.15, 0.2) is 15.7 Å². The first-order valence-corrected chi connectivity index (χ1v) is 8.15. The molecule has 1 heterocycles. The molecule has 104 valence electrons. The van der Waals surface area contributed by atoms with Gasteiger partial charge in [-0.1, -0.05) is 6.92 Å². The Hall–Kier alpha value is -0.470. The van der Waals surface area contributed by atoms with Crippen LogP contribution in [0.2, 0.25) is 0 Å². The van der Waals surface area contributed by atoms with Crippen molar-refractivity contribution in [2.75, 3.05) is 20.3 Å². The lowest BCUT2D eigenvalue weighted by molar-refractivity contribution is 0.180. The molecule has 0 bridgehead atoms. The summed E-state index contributed by atoms with van der Waals surface area (Å²) in [5.41, 5.74) is 0.988. The fourth-order valence-corrected chi connectivity index (χ4v) is 3.92. The quantitative estimate of drug-likeness (QED) is 0.755.